The standard InChI is InChI=1S/C26H31BrN4O/c1-3-31(26(32)21-9-10-21)24(14-20-7-5-4-6-8-20)17-30(16-23-15-28-18-29-23)25-12-11-22(27)13-19(25)2/h4-8,11-13,15,18,21,24H,3,9-10,14,16-17H2,1-2H3,(H,28,29). The van der Waals surface area contributed by atoms with Crippen LogP contribution < -0.4 is 4.90 Å². The van der Waals surface area contributed by atoms with E-state index in [4.69, 9.17) is 0 Å². The zero-order valence-corrected chi connectivity index (χ0v) is 20.4. The lowest BCUT2D eigenvalue weighted by Gasteiger charge is -2.37. The van der Waals surface area contributed by atoms with Gasteiger partial charge in [-0.1, -0.05) is 46.3 Å². The van der Waals surface area contributed by atoms with Crippen molar-refractivity contribution in [3.63, 3.8) is 0 Å². The molecule has 2 aromatic carbocycles. The van der Waals surface area contributed by atoms with Gasteiger partial charge in [-0.25, -0.2) is 4.98 Å². The molecule has 1 amide bonds. The van der Waals surface area contributed by atoms with Gasteiger partial charge in [-0.2, -0.15) is 0 Å². The van der Waals surface area contributed by atoms with Crippen molar-refractivity contribution in [3.05, 3.63) is 82.3 Å². The van der Waals surface area contributed by atoms with E-state index >= 15 is 0 Å². The van der Waals surface area contributed by atoms with Crippen LogP contribution in [-0.2, 0) is 17.8 Å². The number of carbonyl (C=O) groups is 1. The number of rotatable bonds is 10. The van der Waals surface area contributed by atoms with Gasteiger partial charge >= 0.3 is 0 Å². The number of carbonyl (C=O) groups excluding carboxylic acids is 1. The van der Waals surface area contributed by atoms with Crippen molar-refractivity contribution in [2.45, 2.75) is 45.7 Å². The first-order valence-corrected chi connectivity index (χ1v) is 12.2. The first kappa shape index (κ1) is 22.6. The Kier molecular flexibility index (Phi) is 7.30. The number of H-pyrrole nitrogens is 1. The van der Waals surface area contributed by atoms with Crippen molar-refractivity contribution in [2.24, 2.45) is 5.92 Å². The van der Waals surface area contributed by atoms with Crippen molar-refractivity contribution in [1.29, 1.82) is 0 Å². The number of aromatic amines is 1. The van der Waals surface area contributed by atoms with E-state index < -0.39 is 0 Å². The summed E-state index contributed by atoms with van der Waals surface area (Å²) in [5, 5.41) is 0. The summed E-state index contributed by atoms with van der Waals surface area (Å²) in [4.78, 5) is 25.1. The second kappa shape index (κ2) is 10.3. The quantitative estimate of drug-likeness (QED) is 0.412. The minimum atomic E-state index is 0.0847. The summed E-state index contributed by atoms with van der Waals surface area (Å²) in [5.74, 6) is 0.520. The first-order chi connectivity index (χ1) is 15.5. The largest absolute Gasteiger partial charge is 0.363 e. The predicted molar refractivity (Wildman–Crippen MR) is 133 cm³/mol. The molecule has 0 spiro atoms. The molecule has 0 saturated heterocycles. The van der Waals surface area contributed by atoms with Gasteiger partial charge in [-0.15, -0.1) is 0 Å². The molecule has 32 heavy (non-hydrogen) atoms. The van der Waals surface area contributed by atoms with Crippen LogP contribution in [0.5, 0.6) is 0 Å². The highest BCUT2D eigenvalue weighted by molar-refractivity contribution is 9.10. The van der Waals surface area contributed by atoms with Crippen molar-refractivity contribution < 1.29 is 4.79 Å². The highest BCUT2D eigenvalue weighted by Gasteiger charge is 2.36. The summed E-state index contributed by atoms with van der Waals surface area (Å²) in [6.07, 6.45) is 6.48. The molecular weight excluding hydrogens is 464 g/mol. The average Bonchev–Trinajstić information content (AvgIpc) is 3.51. The molecule has 1 saturated carbocycles. The van der Waals surface area contributed by atoms with Crippen LogP contribution >= 0.6 is 15.9 Å². The summed E-state index contributed by atoms with van der Waals surface area (Å²) in [6.45, 7) is 6.43. The molecule has 1 N–H and O–H groups in total. The van der Waals surface area contributed by atoms with Gasteiger partial charge in [0.25, 0.3) is 0 Å². The minimum absolute atomic E-state index is 0.0847. The molecule has 3 aromatic rings. The van der Waals surface area contributed by atoms with Gasteiger partial charge in [0, 0.05) is 35.4 Å². The summed E-state index contributed by atoms with van der Waals surface area (Å²) < 4.78 is 1.07. The minimum Gasteiger partial charge on any atom is -0.363 e. The summed E-state index contributed by atoms with van der Waals surface area (Å²) >= 11 is 3.59. The molecule has 168 valence electrons. The number of nitrogens with one attached hydrogen (secondary N) is 1. The third-order valence-electron chi connectivity index (χ3n) is 6.15. The Morgan fingerprint density at radius 3 is 2.62 bits per heavy atom. The lowest BCUT2D eigenvalue weighted by Crippen LogP contribution is -2.49. The SMILES string of the molecule is CCN(C(=O)C1CC1)C(Cc1ccccc1)CN(Cc1cnc[nH]1)c1ccc(Br)cc1C. The maximum absolute atomic E-state index is 13.2. The Morgan fingerprint density at radius 2 is 2.00 bits per heavy atom. The van der Waals surface area contributed by atoms with E-state index in [1.54, 1.807) is 6.33 Å². The topological polar surface area (TPSA) is 52.2 Å². The zero-order valence-electron chi connectivity index (χ0n) is 18.8. The number of aromatic nitrogens is 2. The van der Waals surface area contributed by atoms with E-state index in [0.29, 0.717) is 12.5 Å². The fourth-order valence-electron chi connectivity index (χ4n) is 4.37. The van der Waals surface area contributed by atoms with Gasteiger partial charge < -0.3 is 14.8 Å². The highest BCUT2D eigenvalue weighted by atomic mass is 79.9. The van der Waals surface area contributed by atoms with Gasteiger partial charge in [0.05, 0.1) is 24.6 Å². The van der Waals surface area contributed by atoms with Gasteiger partial charge in [-0.3, -0.25) is 4.79 Å². The molecule has 1 aliphatic carbocycles. The second-order valence-electron chi connectivity index (χ2n) is 8.63. The lowest BCUT2D eigenvalue weighted by molar-refractivity contribution is -0.134. The number of hydrogen-bond donors (Lipinski definition) is 1. The van der Waals surface area contributed by atoms with E-state index in [1.165, 1.54) is 16.8 Å². The van der Waals surface area contributed by atoms with Crippen LogP contribution in [0.3, 0.4) is 0 Å². The predicted octanol–water partition coefficient (Wildman–Crippen LogP) is 5.36. The van der Waals surface area contributed by atoms with Gasteiger partial charge in [0.1, 0.15) is 0 Å². The normalized spacial score (nSPS) is 14.2. The third-order valence-corrected chi connectivity index (χ3v) is 6.65. The number of halogens is 1. The first-order valence-electron chi connectivity index (χ1n) is 11.4. The summed E-state index contributed by atoms with van der Waals surface area (Å²) in [7, 11) is 0. The zero-order chi connectivity index (χ0) is 22.5. The van der Waals surface area contributed by atoms with Crippen molar-refractivity contribution >= 4 is 27.5 Å². The molecule has 1 atom stereocenters. The smallest absolute Gasteiger partial charge is 0.225 e. The van der Waals surface area contributed by atoms with Crippen molar-refractivity contribution in [1.82, 2.24) is 14.9 Å². The van der Waals surface area contributed by atoms with Crippen LogP contribution in [0.25, 0.3) is 0 Å². The highest BCUT2D eigenvalue weighted by Crippen LogP contribution is 2.33. The Balaban J connectivity index is 1.66. The molecule has 1 aliphatic rings. The lowest BCUT2D eigenvalue weighted by atomic mass is 10.0. The third kappa shape index (κ3) is 5.60. The van der Waals surface area contributed by atoms with E-state index in [0.717, 1.165) is 42.5 Å². The fraction of sp³-hybridized carbons (Fsp3) is 0.385. The molecule has 4 rings (SSSR count). The van der Waals surface area contributed by atoms with E-state index in [2.05, 4.69) is 92.0 Å². The van der Waals surface area contributed by atoms with Crippen LogP contribution in [0.4, 0.5) is 5.69 Å². The molecule has 1 heterocycles. The number of hydrogen-bond acceptors (Lipinski definition) is 3. The maximum atomic E-state index is 13.2. The number of nitrogens with zero attached hydrogens (tertiary/aromatic N) is 3. The number of likely N-dealkylation sites (N-methyl/N-ethyl adjacent to an activating group) is 1. The van der Waals surface area contributed by atoms with Crippen LogP contribution in [0, 0.1) is 12.8 Å². The number of benzene rings is 2. The average molecular weight is 495 g/mol. The van der Waals surface area contributed by atoms with Crippen LogP contribution in [0.1, 0.15) is 36.6 Å². The maximum Gasteiger partial charge on any atom is 0.225 e. The molecule has 1 fully saturated rings. The molecule has 6 heteroatoms. The second-order valence-corrected chi connectivity index (χ2v) is 9.55. The number of amides is 1. The molecular formula is C26H31BrN4O. The van der Waals surface area contributed by atoms with Crippen molar-refractivity contribution in [2.75, 3.05) is 18.0 Å². The molecule has 1 aromatic heterocycles. The number of imidazole rings is 1. The number of aryl methyl sites for hydroxylation is 1. The van der Waals surface area contributed by atoms with Crippen LogP contribution in [0.15, 0.2) is 65.5 Å². The molecule has 0 bridgehead atoms. The van der Waals surface area contributed by atoms with Gasteiger partial charge in [0.15, 0.2) is 0 Å². The van der Waals surface area contributed by atoms with E-state index in [9.17, 15) is 4.79 Å². The monoisotopic (exact) mass is 494 g/mol. The van der Waals surface area contributed by atoms with Crippen LogP contribution in [0.2, 0.25) is 0 Å². The van der Waals surface area contributed by atoms with E-state index in [1.807, 2.05) is 12.3 Å². The van der Waals surface area contributed by atoms with Crippen LogP contribution in [-0.4, -0.2) is 39.9 Å². The Labute approximate surface area is 199 Å². The Bertz CT molecular complexity index is 1020. The summed E-state index contributed by atoms with van der Waals surface area (Å²) in [5.41, 5.74) is 4.70. The Hall–Kier alpha value is -2.60. The van der Waals surface area contributed by atoms with E-state index in [-0.39, 0.29) is 12.0 Å². The molecule has 0 aliphatic heterocycles. The fourth-order valence-corrected chi connectivity index (χ4v) is 4.85. The van der Waals surface area contributed by atoms with Gasteiger partial charge in [-0.05, 0) is 62.4 Å². The van der Waals surface area contributed by atoms with Gasteiger partial charge in [0.2, 0.25) is 5.91 Å². The molecule has 5 nitrogen and oxygen atoms in total. The molecule has 1 unspecified atom stereocenters. The molecule has 0 radical (unpaired) electrons. The summed E-state index contributed by atoms with van der Waals surface area (Å²) in [6, 6.07) is 17.0. The Morgan fingerprint density at radius 1 is 1.22 bits per heavy atom. The van der Waals surface area contributed by atoms with Crippen molar-refractivity contribution in [3.8, 4) is 0 Å². The number of anilines is 1.